The SMILES string of the molecule is OB(Oc1cc(F)ccc1-c1cccc(F)c1F)c1cc(F)cc(F)c1F. The van der Waals surface area contributed by atoms with E-state index in [1.165, 1.54) is 12.1 Å². The van der Waals surface area contributed by atoms with Crippen LogP contribution in [0.1, 0.15) is 0 Å². The average Bonchev–Trinajstić information content (AvgIpc) is 2.61. The lowest BCUT2D eigenvalue weighted by molar-refractivity contribution is 0.424. The third kappa shape index (κ3) is 3.78. The maximum Gasteiger partial charge on any atom is 0.563 e. The van der Waals surface area contributed by atoms with Crippen molar-refractivity contribution in [3.8, 4) is 16.9 Å². The summed E-state index contributed by atoms with van der Waals surface area (Å²) in [6.07, 6.45) is 0. The molecule has 1 N–H and O–H groups in total. The van der Waals surface area contributed by atoms with Crippen LogP contribution in [0.15, 0.2) is 48.5 Å². The normalized spacial score (nSPS) is 10.8. The molecule has 0 saturated carbocycles. The van der Waals surface area contributed by atoms with Crippen LogP contribution in [0.2, 0.25) is 0 Å². The van der Waals surface area contributed by atoms with Gasteiger partial charge in [-0.2, -0.15) is 0 Å². The average molecular weight is 382 g/mol. The standard InChI is InChI=1S/C18H9BF6O2/c20-9-4-5-11(12-2-1-3-14(22)17(12)24)16(8-9)27-19(26)13-6-10(21)7-15(23)18(13)25/h1-8,26H. The van der Waals surface area contributed by atoms with Gasteiger partial charge in [0.05, 0.1) is 0 Å². The van der Waals surface area contributed by atoms with Crippen molar-refractivity contribution in [2.75, 3.05) is 0 Å². The van der Waals surface area contributed by atoms with Crippen LogP contribution in [0.5, 0.6) is 5.75 Å². The molecule has 0 fully saturated rings. The molecule has 0 aliphatic heterocycles. The molecule has 3 rings (SSSR count). The van der Waals surface area contributed by atoms with E-state index >= 15 is 0 Å². The summed E-state index contributed by atoms with van der Waals surface area (Å²) in [5.41, 5.74) is -1.37. The van der Waals surface area contributed by atoms with Crippen LogP contribution in [0.25, 0.3) is 11.1 Å². The van der Waals surface area contributed by atoms with E-state index in [1.807, 2.05) is 0 Å². The van der Waals surface area contributed by atoms with Crippen LogP contribution >= 0.6 is 0 Å². The first-order valence-corrected chi connectivity index (χ1v) is 7.51. The highest BCUT2D eigenvalue weighted by molar-refractivity contribution is 6.60. The van der Waals surface area contributed by atoms with E-state index in [9.17, 15) is 31.4 Å². The second kappa shape index (κ2) is 7.36. The van der Waals surface area contributed by atoms with Crippen LogP contribution in [0.4, 0.5) is 26.3 Å². The van der Waals surface area contributed by atoms with Crippen LogP contribution in [-0.2, 0) is 0 Å². The van der Waals surface area contributed by atoms with Gasteiger partial charge in [0.15, 0.2) is 23.3 Å². The smallest absolute Gasteiger partial charge is 0.532 e. The first kappa shape index (κ1) is 18.8. The molecule has 138 valence electrons. The molecule has 0 spiro atoms. The van der Waals surface area contributed by atoms with Gasteiger partial charge in [-0.15, -0.1) is 0 Å². The van der Waals surface area contributed by atoms with Crippen molar-refractivity contribution in [1.29, 1.82) is 0 Å². The Morgan fingerprint density at radius 3 is 2.19 bits per heavy atom. The molecule has 0 radical (unpaired) electrons. The van der Waals surface area contributed by atoms with Gasteiger partial charge in [-0.25, -0.2) is 26.3 Å². The number of hydrogen-bond donors (Lipinski definition) is 1. The van der Waals surface area contributed by atoms with Crippen molar-refractivity contribution in [3.05, 3.63) is 83.4 Å². The van der Waals surface area contributed by atoms with Gasteiger partial charge in [0, 0.05) is 28.7 Å². The van der Waals surface area contributed by atoms with E-state index in [4.69, 9.17) is 4.65 Å². The summed E-state index contributed by atoms with van der Waals surface area (Å²) in [5.74, 6) is -8.10. The largest absolute Gasteiger partial charge is 0.563 e. The lowest BCUT2D eigenvalue weighted by Crippen LogP contribution is -2.40. The molecule has 2 nitrogen and oxygen atoms in total. The molecule has 0 unspecified atom stereocenters. The molecule has 0 heterocycles. The summed E-state index contributed by atoms with van der Waals surface area (Å²) >= 11 is 0. The monoisotopic (exact) mass is 382 g/mol. The van der Waals surface area contributed by atoms with Gasteiger partial charge in [-0.1, -0.05) is 12.1 Å². The van der Waals surface area contributed by atoms with Gasteiger partial charge in [0.1, 0.15) is 17.4 Å². The van der Waals surface area contributed by atoms with E-state index in [2.05, 4.69) is 0 Å². The highest BCUT2D eigenvalue weighted by Gasteiger charge is 2.28. The zero-order valence-corrected chi connectivity index (χ0v) is 13.3. The van der Waals surface area contributed by atoms with Crippen molar-refractivity contribution < 1.29 is 36.0 Å². The van der Waals surface area contributed by atoms with Crippen LogP contribution < -0.4 is 10.1 Å². The lowest BCUT2D eigenvalue weighted by atomic mass is 9.78. The summed E-state index contributed by atoms with van der Waals surface area (Å²) in [5, 5.41) is 10.0. The summed E-state index contributed by atoms with van der Waals surface area (Å²) < 4.78 is 86.5. The number of rotatable bonds is 4. The summed E-state index contributed by atoms with van der Waals surface area (Å²) in [6.45, 7) is 0. The molecule has 9 heteroatoms. The minimum absolute atomic E-state index is 0.162. The van der Waals surface area contributed by atoms with Crippen LogP contribution in [0.3, 0.4) is 0 Å². The fourth-order valence-corrected chi connectivity index (χ4v) is 2.47. The fraction of sp³-hybridized carbons (Fsp3) is 0. The first-order valence-electron chi connectivity index (χ1n) is 7.51. The topological polar surface area (TPSA) is 29.5 Å². The van der Waals surface area contributed by atoms with Gasteiger partial charge in [-0.05, 0) is 24.3 Å². The molecular weight excluding hydrogens is 373 g/mol. The van der Waals surface area contributed by atoms with Crippen molar-refractivity contribution in [3.63, 3.8) is 0 Å². The summed E-state index contributed by atoms with van der Waals surface area (Å²) in [4.78, 5) is 0. The molecule has 3 aromatic rings. The number of hydrogen-bond acceptors (Lipinski definition) is 2. The third-order valence-electron chi connectivity index (χ3n) is 3.71. The molecule has 0 saturated heterocycles. The van der Waals surface area contributed by atoms with E-state index in [0.29, 0.717) is 6.07 Å². The van der Waals surface area contributed by atoms with Gasteiger partial charge >= 0.3 is 7.12 Å². The molecule has 0 aliphatic rings. The Morgan fingerprint density at radius 2 is 1.44 bits per heavy atom. The Morgan fingerprint density at radius 1 is 0.704 bits per heavy atom. The highest BCUT2D eigenvalue weighted by Crippen LogP contribution is 2.33. The Labute approximate surface area is 149 Å². The van der Waals surface area contributed by atoms with E-state index in [1.54, 1.807) is 0 Å². The maximum absolute atomic E-state index is 14.1. The molecule has 0 bridgehead atoms. The molecular formula is C18H9BF6O2. The molecule has 0 amide bonds. The Hall–Kier alpha value is -2.94. The van der Waals surface area contributed by atoms with Crippen molar-refractivity contribution in [1.82, 2.24) is 0 Å². The van der Waals surface area contributed by atoms with Crippen LogP contribution in [0, 0.1) is 34.9 Å². The minimum Gasteiger partial charge on any atom is -0.532 e. The molecule has 0 atom stereocenters. The molecule has 3 aromatic carbocycles. The first-order chi connectivity index (χ1) is 12.8. The molecule has 0 aliphatic carbocycles. The fourth-order valence-electron chi connectivity index (χ4n) is 2.47. The minimum atomic E-state index is -2.24. The van der Waals surface area contributed by atoms with Gasteiger partial charge in [0.2, 0.25) is 0 Å². The van der Waals surface area contributed by atoms with E-state index in [0.717, 1.165) is 24.3 Å². The zero-order valence-electron chi connectivity index (χ0n) is 13.3. The maximum atomic E-state index is 14.1. The predicted molar refractivity (Wildman–Crippen MR) is 86.3 cm³/mol. The highest BCUT2D eigenvalue weighted by atomic mass is 19.2. The molecule has 0 aromatic heterocycles. The van der Waals surface area contributed by atoms with Crippen molar-refractivity contribution in [2.45, 2.75) is 0 Å². The Kier molecular flexibility index (Phi) is 5.14. The second-order valence-corrected chi connectivity index (χ2v) is 5.50. The quantitative estimate of drug-likeness (QED) is 0.421. The lowest BCUT2D eigenvalue weighted by Gasteiger charge is -2.16. The number of benzene rings is 3. The van der Waals surface area contributed by atoms with Crippen LogP contribution in [-0.4, -0.2) is 12.1 Å². The van der Waals surface area contributed by atoms with Gasteiger partial charge in [0.25, 0.3) is 0 Å². The Bertz CT molecular complexity index is 1010. The second-order valence-electron chi connectivity index (χ2n) is 5.50. The predicted octanol–water partition coefficient (Wildman–Crippen LogP) is 3.95. The summed E-state index contributed by atoms with van der Waals surface area (Å²) in [6, 6.07) is 6.70. The number of halogens is 6. The van der Waals surface area contributed by atoms with Gasteiger partial charge in [-0.3, -0.25) is 0 Å². The third-order valence-corrected chi connectivity index (χ3v) is 3.71. The Balaban J connectivity index is 2.05. The van der Waals surface area contributed by atoms with Gasteiger partial charge < -0.3 is 9.68 Å². The molecule has 27 heavy (non-hydrogen) atoms. The summed E-state index contributed by atoms with van der Waals surface area (Å²) in [7, 11) is -2.24. The zero-order chi connectivity index (χ0) is 19.7. The van der Waals surface area contributed by atoms with Crippen molar-refractivity contribution in [2.24, 2.45) is 0 Å². The van der Waals surface area contributed by atoms with Crippen molar-refractivity contribution >= 4 is 12.6 Å². The van der Waals surface area contributed by atoms with E-state index in [-0.39, 0.29) is 17.2 Å². The van der Waals surface area contributed by atoms with E-state index < -0.39 is 53.2 Å².